The quantitative estimate of drug-likeness (QED) is 0.619. The van der Waals surface area contributed by atoms with Crippen LogP contribution < -0.4 is 0 Å². The highest BCUT2D eigenvalue weighted by molar-refractivity contribution is 6.33. The van der Waals surface area contributed by atoms with Gasteiger partial charge in [0, 0.05) is 6.54 Å². The average molecular weight is 342 g/mol. The van der Waals surface area contributed by atoms with Crippen LogP contribution in [-0.2, 0) is 13.1 Å². The van der Waals surface area contributed by atoms with Gasteiger partial charge in [0.2, 0.25) is 11.8 Å². The zero-order valence-electron chi connectivity index (χ0n) is 13.7. The zero-order chi connectivity index (χ0) is 16.8. The van der Waals surface area contributed by atoms with E-state index in [0.29, 0.717) is 23.3 Å². The van der Waals surface area contributed by atoms with Crippen molar-refractivity contribution in [3.63, 3.8) is 0 Å². The summed E-state index contributed by atoms with van der Waals surface area (Å²) in [5.74, 6) is 1.07. The highest BCUT2D eigenvalue weighted by Gasteiger charge is 2.14. The van der Waals surface area contributed by atoms with Gasteiger partial charge in [-0.3, -0.25) is 4.90 Å². The molecule has 0 radical (unpaired) electrons. The summed E-state index contributed by atoms with van der Waals surface area (Å²) in [6.07, 6.45) is 1.07. The van der Waals surface area contributed by atoms with Crippen molar-refractivity contribution in [3.8, 4) is 11.5 Å². The molecule has 0 saturated heterocycles. The van der Waals surface area contributed by atoms with Gasteiger partial charge in [-0.25, -0.2) is 0 Å². The molecule has 124 valence electrons. The first-order chi connectivity index (χ1) is 11.8. The van der Waals surface area contributed by atoms with E-state index in [0.717, 1.165) is 25.1 Å². The first kappa shape index (κ1) is 16.7. The van der Waals surface area contributed by atoms with Gasteiger partial charge in [0.1, 0.15) is 0 Å². The minimum atomic E-state index is 0.465. The number of benzene rings is 2. The molecule has 24 heavy (non-hydrogen) atoms. The van der Waals surface area contributed by atoms with E-state index in [1.807, 2.05) is 30.3 Å². The summed E-state index contributed by atoms with van der Waals surface area (Å²) < 4.78 is 5.82. The van der Waals surface area contributed by atoms with Crippen LogP contribution in [0, 0.1) is 0 Å². The van der Waals surface area contributed by atoms with Crippen LogP contribution in [0.5, 0.6) is 0 Å². The molecule has 1 aromatic heterocycles. The number of nitrogens with zero attached hydrogens (tertiary/aromatic N) is 3. The summed E-state index contributed by atoms with van der Waals surface area (Å²) in [6.45, 7) is 4.62. The van der Waals surface area contributed by atoms with E-state index >= 15 is 0 Å². The fourth-order valence-electron chi connectivity index (χ4n) is 2.62. The molecule has 0 atom stereocenters. The summed E-state index contributed by atoms with van der Waals surface area (Å²) in [5, 5.41) is 8.93. The van der Waals surface area contributed by atoms with E-state index in [1.54, 1.807) is 0 Å². The lowest BCUT2D eigenvalue weighted by Gasteiger charge is -2.19. The molecule has 0 bridgehead atoms. The largest absolute Gasteiger partial charge is 0.419 e. The van der Waals surface area contributed by atoms with Crippen molar-refractivity contribution >= 4 is 11.6 Å². The van der Waals surface area contributed by atoms with Gasteiger partial charge in [0.25, 0.3) is 0 Å². The summed E-state index contributed by atoms with van der Waals surface area (Å²) in [4.78, 5) is 2.30. The van der Waals surface area contributed by atoms with Gasteiger partial charge < -0.3 is 4.42 Å². The van der Waals surface area contributed by atoms with E-state index in [1.165, 1.54) is 5.56 Å². The summed E-state index contributed by atoms with van der Waals surface area (Å²) in [7, 11) is 0. The molecular weight excluding hydrogens is 322 g/mol. The first-order valence-electron chi connectivity index (χ1n) is 8.10. The molecule has 1 heterocycles. The standard InChI is InChI=1S/C19H20ClN3O/c1-2-12-23(13-15-8-4-3-5-9-15)14-18-21-22-19(24-18)16-10-6-7-11-17(16)20/h3-11H,2,12-14H2,1H3. The Bertz CT molecular complexity index is 773. The smallest absolute Gasteiger partial charge is 0.249 e. The molecule has 3 rings (SSSR count). The number of rotatable bonds is 7. The maximum atomic E-state index is 6.19. The fourth-order valence-corrected chi connectivity index (χ4v) is 2.84. The fraction of sp³-hybridized carbons (Fsp3) is 0.263. The monoisotopic (exact) mass is 341 g/mol. The van der Waals surface area contributed by atoms with Gasteiger partial charge in [-0.2, -0.15) is 0 Å². The van der Waals surface area contributed by atoms with Crippen LogP contribution in [0.4, 0.5) is 0 Å². The average Bonchev–Trinajstić information content (AvgIpc) is 3.05. The molecule has 0 spiro atoms. The van der Waals surface area contributed by atoms with Gasteiger partial charge >= 0.3 is 0 Å². The maximum Gasteiger partial charge on any atom is 0.249 e. The lowest BCUT2D eigenvalue weighted by Crippen LogP contribution is -2.23. The van der Waals surface area contributed by atoms with Crippen molar-refractivity contribution < 1.29 is 4.42 Å². The molecule has 4 nitrogen and oxygen atoms in total. The summed E-state index contributed by atoms with van der Waals surface area (Å²) in [6, 6.07) is 17.9. The van der Waals surface area contributed by atoms with Crippen LogP contribution >= 0.6 is 11.6 Å². The number of halogens is 1. The second-order valence-corrected chi connectivity index (χ2v) is 6.08. The van der Waals surface area contributed by atoms with Gasteiger partial charge in [-0.05, 0) is 30.7 Å². The van der Waals surface area contributed by atoms with E-state index in [2.05, 4.69) is 46.3 Å². The van der Waals surface area contributed by atoms with Crippen molar-refractivity contribution in [2.75, 3.05) is 6.54 Å². The molecule has 3 aromatic rings. The van der Waals surface area contributed by atoms with Crippen LogP contribution in [-0.4, -0.2) is 21.6 Å². The van der Waals surface area contributed by atoms with Gasteiger partial charge in [0.15, 0.2) is 0 Å². The Labute approximate surface area is 147 Å². The molecule has 0 unspecified atom stereocenters. The molecule has 5 heteroatoms. The van der Waals surface area contributed by atoms with Gasteiger partial charge in [-0.15, -0.1) is 10.2 Å². The van der Waals surface area contributed by atoms with Crippen molar-refractivity contribution in [2.45, 2.75) is 26.4 Å². The van der Waals surface area contributed by atoms with Crippen LogP contribution in [0.1, 0.15) is 24.8 Å². The third-order valence-corrected chi connectivity index (χ3v) is 4.05. The Morgan fingerprint density at radius 1 is 0.958 bits per heavy atom. The Morgan fingerprint density at radius 2 is 1.71 bits per heavy atom. The molecule has 0 amide bonds. The summed E-state index contributed by atoms with van der Waals surface area (Å²) >= 11 is 6.19. The first-order valence-corrected chi connectivity index (χ1v) is 8.47. The van der Waals surface area contributed by atoms with Crippen LogP contribution in [0.15, 0.2) is 59.0 Å². The van der Waals surface area contributed by atoms with Crippen molar-refractivity contribution in [1.29, 1.82) is 0 Å². The third-order valence-electron chi connectivity index (χ3n) is 3.72. The normalized spacial score (nSPS) is 11.1. The molecule has 0 N–H and O–H groups in total. The van der Waals surface area contributed by atoms with E-state index < -0.39 is 0 Å². The van der Waals surface area contributed by atoms with Crippen LogP contribution in [0.3, 0.4) is 0 Å². The predicted octanol–water partition coefficient (Wildman–Crippen LogP) is 4.80. The van der Waals surface area contributed by atoms with E-state index in [-0.39, 0.29) is 0 Å². The topological polar surface area (TPSA) is 42.2 Å². The number of hydrogen-bond acceptors (Lipinski definition) is 4. The Morgan fingerprint density at radius 3 is 2.46 bits per heavy atom. The maximum absolute atomic E-state index is 6.19. The lowest BCUT2D eigenvalue weighted by atomic mass is 10.2. The number of hydrogen-bond donors (Lipinski definition) is 0. The Balaban J connectivity index is 1.73. The lowest BCUT2D eigenvalue weighted by molar-refractivity contribution is 0.232. The molecule has 0 aliphatic rings. The van der Waals surface area contributed by atoms with E-state index in [9.17, 15) is 0 Å². The number of aromatic nitrogens is 2. The van der Waals surface area contributed by atoms with Gasteiger partial charge in [0.05, 0.1) is 17.1 Å². The molecule has 0 fully saturated rings. The molecule has 2 aromatic carbocycles. The van der Waals surface area contributed by atoms with Crippen molar-refractivity contribution in [2.24, 2.45) is 0 Å². The highest BCUT2D eigenvalue weighted by Crippen LogP contribution is 2.26. The second kappa shape index (κ2) is 8.08. The minimum absolute atomic E-state index is 0.465. The summed E-state index contributed by atoms with van der Waals surface area (Å²) in [5.41, 5.74) is 2.04. The van der Waals surface area contributed by atoms with Crippen LogP contribution in [0.2, 0.25) is 5.02 Å². The third kappa shape index (κ3) is 4.22. The van der Waals surface area contributed by atoms with Crippen molar-refractivity contribution in [1.82, 2.24) is 15.1 Å². The molecule has 0 aliphatic heterocycles. The minimum Gasteiger partial charge on any atom is -0.419 e. The molecule has 0 saturated carbocycles. The van der Waals surface area contributed by atoms with Crippen molar-refractivity contribution in [3.05, 3.63) is 71.1 Å². The SMILES string of the molecule is CCCN(Cc1ccccc1)Cc1nnc(-c2ccccc2Cl)o1. The molecule has 0 aliphatic carbocycles. The molecular formula is C19H20ClN3O. The van der Waals surface area contributed by atoms with E-state index in [4.69, 9.17) is 16.0 Å². The van der Waals surface area contributed by atoms with Crippen LogP contribution in [0.25, 0.3) is 11.5 Å². The Kier molecular flexibility index (Phi) is 5.62. The Hall–Kier alpha value is -2.17. The zero-order valence-corrected chi connectivity index (χ0v) is 14.4. The second-order valence-electron chi connectivity index (χ2n) is 5.68. The highest BCUT2D eigenvalue weighted by atomic mass is 35.5. The van der Waals surface area contributed by atoms with Gasteiger partial charge in [-0.1, -0.05) is 61.0 Å². The predicted molar refractivity (Wildman–Crippen MR) is 95.6 cm³/mol.